The van der Waals surface area contributed by atoms with Gasteiger partial charge in [0.05, 0.1) is 0 Å². The zero-order valence-electron chi connectivity index (χ0n) is 12.1. The molecule has 0 atom stereocenters. The molecule has 2 aromatic rings. The molecule has 0 saturated carbocycles. The molecule has 8 heteroatoms. The van der Waals surface area contributed by atoms with E-state index in [0.717, 1.165) is 11.6 Å². The average Bonchev–Trinajstić information content (AvgIpc) is 2.44. The van der Waals surface area contributed by atoms with E-state index < -0.39 is 11.9 Å². The molecule has 0 unspecified atom stereocenters. The average molecular weight is 311 g/mol. The summed E-state index contributed by atoms with van der Waals surface area (Å²) in [5.74, 6) is 0.0489. The molecule has 118 valence electrons. The number of halogens is 3. The third kappa shape index (κ3) is 4.57. The summed E-state index contributed by atoms with van der Waals surface area (Å²) in [4.78, 5) is 11.5. The van der Waals surface area contributed by atoms with Crippen LogP contribution in [0.2, 0.25) is 0 Å². The van der Waals surface area contributed by atoms with Crippen molar-refractivity contribution in [2.45, 2.75) is 32.6 Å². The van der Waals surface area contributed by atoms with Crippen LogP contribution < -0.4 is 10.6 Å². The summed E-state index contributed by atoms with van der Waals surface area (Å²) in [6, 6.07) is 4.39. The van der Waals surface area contributed by atoms with E-state index in [0.29, 0.717) is 6.54 Å². The summed E-state index contributed by atoms with van der Waals surface area (Å²) in [5, 5.41) is 5.64. The predicted octanol–water partition coefficient (Wildman–Crippen LogP) is 3.32. The van der Waals surface area contributed by atoms with Gasteiger partial charge in [-0.25, -0.2) is 4.98 Å². The van der Waals surface area contributed by atoms with E-state index in [1.54, 1.807) is 32.3 Å². The summed E-state index contributed by atoms with van der Waals surface area (Å²) in [6.45, 7) is 3.92. The molecule has 22 heavy (non-hydrogen) atoms. The first kappa shape index (κ1) is 16.0. The van der Waals surface area contributed by atoms with Crippen LogP contribution in [0.3, 0.4) is 0 Å². The lowest BCUT2D eigenvalue weighted by Crippen LogP contribution is -2.17. The Morgan fingerprint density at radius 1 is 1.23 bits per heavy atom. The topological polar surface area (TPSA) is 62.7 Å². The van der Waals surface area contributed by atoms with Gasteiger partial charge in [-0.3, -0.25) is 4.98 Å². The van der Waals surface area contributed by atoms with Crippen molar-refractivity contribution in [1.82, 2.24) is 15.0 Å². The fourth-order valence-corrected chi connectivity index (χ4v) is 1.70. The first-order chi connectivity index (χ1) is 10.3. The SMILES string of the molecule is CC(C)Nc1nc(NCc2cccnc2)cc(C(F)(F)F)n1. The van der Waals surface area contributed by atoms with Gasteiger partial charge in [0.1, 0.15) is 5.82 Å². The normalized spacial score (nSPS) is 11.5. The molecule has 5 nitrogen and oxygen atoms in total. The van der Waals surface area contributed by atoms with Gasteiger partial charge in [0.2, 0.25) is 5.95 Å². The van der Waals surface area contributed by atoms with E-state index in [-0.39, 0.29) is 17.8 Å². The van der Waals surface area contributed by atoms with Gasteiger partial charge >= 0.3 is 6.18 Å². The van der Waals surface area contributed by atoms with Gasteiger partial charge in [0.15, 0.2) is 5.69 Å². The predicted molar refractivity (Wildman–Crippen MR) is 77.4 cm³/mol. The number of pyridine rings is 1. The molecular weight excluding hydrogens is 295 g/mol. The van der Waals surface area contributed by atoms with Crippen molar-refractivity contribution in [2.75, 3.05) is 10.6 Å². The van der Waals surface area contributed by atoms with Crippen LogP contribution in [0.4, 0.5) is 24.9 Å². The standard InChI is InChI=1S/C14H16F3N5/c1-9(2)20-13-21-11(14(15,16)17)6-12(22-13)19-8-10-4-3-5-18-7-10/h3-7,9H,8H2,1-2H3,(H2,19,20,21,22). The smallest absolute Gasteiger partial charge is 0.366 e. The fraction of sp³-hybridized carbons (Fsp3) is 0.357. The molecular formula is C14H16F3N5. The minimum Gasteiger partial charge on any atom is -0.366 e. The fourth-order valence-electron chi connectivity index (χ4n) is 1.70. The van der Waals surface area contributed by atoms with Crippen molar-refractivity contribution in [3.63, 3.8) is 0 Å². The van der Waals surface area contributed by atoms with Crippen LogP contribution in [0.1, 0.15) is 25.1 Å². The first-order valence-corrected chi connectivity index (χ1v) is 6.70. The van der Waals surface area contributed by atoms with Gasteiger partial charge in [-0.15, -0.1) is 0 Å². The van der Waals surface area contributed by atoms with Gasteiger partial charge in [-0.05, 0) is 25.5 Å². The first-order valence-electron chi connectivity index (χ1n) is 6.70. The molecule has 0 amide bonds. The molecule has 2 aromatic heterocycles. The van der Waals surface area contributed by atoms with E-state index in [2.05, 4.69) is 25.6 Å². The number of nitrogens with one attached hydrogen (secondary N) is 2. The third-order valence-corrected chi connectivity index (χ3v) is 2.63. The second kappa shape index (κ2) is 6.59. The van der Waals surface area contributed by atoms with Crippen molar-refractivity contribution in [1.29, 1.82) is 0 Å². The van der Waals surface area contributed by atoms with Crippen LogP contribution in [0, 0.1) is 0 Å². The number of anilines is 2. The van der Waals surface area contributed by atoms with Gasteiger partial charge < -0.3 is 10.6 Å². The second-order valence-electron chi connectivity index (χ2n) is 4.97. The molecule has 0 aromatic carbocycles. The minimum absolute atomic E-state index is 0.0569. The molecule has 2 heterocycles. The number of aromatic nitrogens is 3. The Labute approximate surface area is 126 Å². The lowest BCUT2D eigenvalue weighted by molar-refractivity contribution is -0.141. The molecule has 0 aliphatic heterocycles. The van der Waals surface area contributed by atoms with Crippen molar-refractivity contribution < 1.29 is 13.2 Å². The third-order valence-electron chi connectivity index (χ3n) is 2.63. The van der Waals surface area contributed by atoms with Crippen LogP contribution in [-0.2, 0) is 12.7 Å². The van der Waals surface area contributed by atoms with Crippen molar-refractivity contribution in [3.8, 4) is 0 Å². The maximum Gasteiger partial charge on any atom is 0.433 e. The van der Waals surface area contributed by atoms with E-state index in [4.69, 9.17) is 0 Å². The van der Waals surface area contributed by atoms with Crippen LogP contribution in [0.5, 0.6) is 0 Å². The van der Waals surface area contributed by atoms with E-state index >= 15 is 0 Å². The van der Waals surface area contributed by atoms with Crippen molar-refractivity contribution in [3.05, 3.63) is 41.9 Å². The highest BCUT2D eigenvalue weighted by Gasteiger charge is 2.33. The second-order valence-corrected chi connectivity index (χ2v) is 4.97. The highest BCUT2D eigenvalue weighted by molar-refractivity contribution is 5.43. The van der Waals surface area contributed by atoms with Crippen molar-refractivity contribution >= 4 is 11.8 Å². The Morgan fingerprint density at radius 3 is 2.59 bits per heavy atom. The molecule has 0 aliphatic rings. The van der Waals surface area contributed by atoms with Gasteiger partial charge in [-0.2, -0.15) is 18.2 Å². The van der Waals surface area contributed by atoms with Crippen LogP contribution >= 0.6 is 0 Å². The minimum atomic E-state index is -4.53. The number of rotatable bonds is 5. The molecule has 0 saturated heterocycles. The van der Waals surface area contributed by atoms with Crippen LogP contribution in [0.25, 0.3) is 0 Å². The molecule has 0 bridgehead atoms. The maximum atomic E-state index is 12.9. The number of alkyl halides is 3. The Morgan fingerprint density at radius 2 is 2.00 bits per heavy atom. The Kier molecular flexibility index (Phi) is 4.79. The zero-order chi connectivity index (χ0) is 16.2. The summed E-state index contributed by atoms with van der Waals surface area (Å²) in [6.07, 6.45) is -1.27. The lowest BCUT2D eigenvalue weighted by atomic mass is 10.3. The lowest BCUT2D eigenvalue weighted by Gasteiger charge is -2.14. The molecule has 0 aliphatic carbocycles. The monoisotopic (exact) mass is 311 g/mol. The summed E-state index contributed by atoms with van der Waals surface area (Å²) >= 11 is 0. The van der Waals surface area contributed by atoms with E-state index in [1.165, 1.54) is 0 Å². The maximum absolute atomic E-state index is 12.9. The molecule has 2 N–H and O–H groups in total. The summed E-state index contributed by atoms with van der Waals surface area (Å²) in [7, 11) is 0. The summed E-state index contributed by atoms with van der Waals surface area (Å²) < 4.78 is 38.7. The highest BCUT2D eigenvalue weighted by atomic mass is 19.4. The van der Waals surface area contributed by atoms with Crippen LogP contribution in [0.15, 0.2) is 30.6 Å². The molecule has 2 rings (SSSR count). The van der Waals surface area contributed by atoms with Crippen molar-refractivity contribution in [2.24, 2.45) is 0 Å². The van der Waals surface area contributed by atoms with Gasteiger partial charge in [0, 0.05) is 31.0 Å². The number of hydrogen-bond acceptors (Lipinski definition) is 5. The molecule has 0 fully saturated rings. The molecule has 0 radical (unpaired) electrons. The van der Waals surface area contributed by atoms with Gasteiger partial charge in [-0.1, -0.05) is 6.07 Å². The number of hydrogen-bond donors (Lipinski definition) is 2. The highest BCUT2D eigenvalue weighted by Crippen LogP contribution is 2.29. The van der Waals surface area contributed by atoms with Crippen LogP contribution in [-0.4, -0.2) is 21.0 Å². The quantitative estimate of drug-likeness (QED) is 0.887. The van der Waals surface area contributed by atoms with E-state index in [1.807, 2.05) is 6.07 Å². The Balaban J connectivity index is 2.21. The largest absolute Gasteiger partial charge is 0.433 e. The zero-order valence-corrected chi connectivity index (χ0v) is 12.1. The van der Waals surface area contributed by atoms with Gasteiger partial charge in [0.25, 0.3) is 0 Å². The molecule has 0 spiro atoms. The Hall–Kier alpha value is -2.38. The Bertz CT molecular complexity index is 614. The number of nitrogens with zero attached hydrogens (tertiary/aromatic N) is 3. The summed E-state index contributed by atoms with van der Waals surface area (Å²) in [5.41, 5.74) is -0.146. The van der Waals surface area contributed by atoms with E-state index in [9.17, 15) is 13.2 Å².